The largest absolute Gasteiger partial charge is 0.493 e. The van der Waals surface area contributed by atoms with E-state index in [-0.39, 0.29) is 35.4 Å². The zero-order chi connectivity index (χ0) is 21.0. The van der Waals surface area contributed by atoms with Gasteiger partial charge in [0.15, 0.2) is 11.5 Å². The van der Waals surface area contributed by atoms with E-state index in [2.05, 4.69) is 20.2 Å². The van der Waals surface area contributed by atoms with Gasteiger partial charge < -0.3 is 19.3 Å². The van der Waals surface area contributed by atoms with Crippen molar-refractivity contribution in [2.75, 3.05) is 12.4 Å². The molecule has 0 saturated heterocycles. The highest BCUT2D eigenvalue weighted by atomic mass is 19.3. The van der Waals surface area contributed by atoms with Crippen LogP contribution in [-0.4, -0.2) is 28.8 Å². The van der Waals surface area contributed by atoms with E-state index in [1.54, 1.807) is 19.1 Å². The lowest BCUT2D eigenvalue weighted by Crippen LogP contribution is -2.03. The molecule has 0 aliphatic carbocycles. The van der Waals surface area contributed by atoms with E-state index < -0.39 is 11.5 Å². The summed E-state index contributed by atoms with van der Waals surface area (Å²) in [5.74, 6) is 0.439. The highest BCUT2D eigenvalue weighted by Gasteiger charge is 2.16. The Hall–Kier alpha value is -3.76. The summed E-state index contributed by atoms with van der Waals surface area (Å²) < 4.78 is 39.5. The Balaban J connectivity index is 1.75. The van der Waals surface area contributed by atoms with Crippen LogP contribution in [0.15, 0.2) is 40.9 Å². The minimum Gasteiger partial charge on any atom is -0.493 e. The van der Waals surface area contributed by atoms with Crippen molar-refractivity contribution in [2.45, 2.75) is 20.1 Å². The van der Waals surface area contributed by atoms with Crippen LogP contribution < -0.4 is 14.8 Å². The summed E-state index contributed by atoms with van der Waals surface area (Å²) in [6, 6.07) is 8.95. The zero-order valence-electron chi connectivity index (χ0n) is 15.4. The van der Waals surface area contributed by atoms with Gasteiger partial charge in [0.25, 0.3) is 5.69 Å². The van der Waals surface area contributed by atoms with Crippen molar-refractivity contribution in [3.05, 3.63) is 58.0 Å². The van der Waals surface area contributed by atoms with Gasteiger partial charge in [-0.05, 0) is 31.2 Å². The number of methoxy groups -OCH3 is 1. The number of nitrogens with one attached hydrogen (secondary N) is 1. The molecular formula is C18H16F2N4O5. The number of nitrogens with zero attached hydrogens (tertiary/aromatic N) is 3. The van der Waals surface area contributed by atoms with Gasteiger partial charge in [0.1, 0.15) is 0 Å². The van der Waals surface area contributed by atoms with Gasteiger partial charge in [0.05, 0.1) is 18.6 Å². The van der Waals surface area contributed by atoms with Crippen molar-refractivity contribution in [1.29, 1.82) is 0 Å². The van der Waals surface area contributed by atoms with Crippen molar-refractivity contribution >= 4 is 11.4 Å². The first-order valence-corrected chi connectivity index (χ1v) is 8.32. The van der Waals surface area contributed by atoms with Gasteiger partial charge in [-0.1, -0.05) is 11.2 Å². The Morgan fingerprint density at radius 2 is 2.07 bits per heavy atom. The van der Waals surface area contributed by atoms with Crippen LogP contribution in [0, 0.1) is 17.0 Å². The number of aromatic nitrogens is 2. The topological polar surface area (TPSA) is 113 Å². The number of benzene rings is 2. The first-order valence-electron chi connectivity index (χ1n) is 8.32. The lowest BCUT2D eigenvalue weighted by Gasteiger charge is -2.10. The molecule has 0 bridgehead atoms. The maximum Gasteiger partial charge on any atom is 0.387 e. The standard InChI is InChI=1S/C18H16F2N4O5/c1-10-12(4-3-5-13(10)24(25)26)21-9-16-22-17(23-29-16)11-6-7-14(28-18(19)20)15(8-11)27-2/h3-8,18,21H,9H2,1-2H3. The molecule has 0 radical (unpaired) electrons. The van der Waals surface area contributed by atoms with E-state index in [0.717, 1.165) is 0 Å². The SMILES string of the molecule is COc1cc(-c2noc(CNc3cccc([N+](=O)[O-])c3C)n2)ccc1OC(F)F. The van der Waals surface area contributed by atoms with Crippen molar-refractivity contribution in [2.24, 2.45) is 0 Å². The average molecular weight is 406 g/mol. The van der Waals surface area contributed by atoms with E-state index >= 15 is 0 Å². The fourth-order valence-corrected chi connectivity index (χ4v) is 2.63. The quantitative estimate of drug-likeness (QED) is 0.438. The van der Waals surface area contributed by atoms with Crippen molar-refractivity contribution in [1.82, 2.24) is 10.1 Å². The third kappa shape index (κ3) is 4.57. The maximum atomic E-state index is 12.4. The van der Waals surface area contributed by atoms with E-state index in [9.17, 15) is 18.9 Å². The zero-order valence-corrected chi connectivity index (χ0v) is 15.4. The van der Waals surface area contributed by atoms with E-state index in [0.29, 0.717) is 16.8 Å². The van der Waals surface area contributed by atoms with Crippen molar-refractivity contribution in [3.8, 4) is 22.9 Å². The van der Waals surface area contributed by atoms with E-state index in [1.165, 1.54) is 31.4 Å². The van der Waals surface area contributed by atoms with Gasteiger partial charge in [-0.15, -0.1) is 0 Å². The number of rotatable bonds is 8. The molecule has 11 heteroatoms. The highest BCUT2D eigenvalue weighted by Crippen LogP contribution is 2.32. The molecule has 1 aromatic heterocycles. The second kappa shape index (κ2) is 8.50. The molecule has 0 aliphatic rings. The molecule has 0 aliphatic heterocycles. The number of nitro benzene ring substituents is 1. The molecule has 0 unspecified atom stereocenters. The smallest absolute Gasteiger partial charge is 0.387 e. The number of nitro groups is 1. The van der Waals surface area contributed by atoms with Crippen LogP contribution in [0.3, 0.4) is 0 Å². The number of anilines is 1. The predicted octanol–water partition coefficient (Wildman–Crippen LogP) is 4.18. The van der Waals surface area contributed by atoms with Gasteiger partial charge in [-0.3, -0.25) is 10.1 Å². The van der Waals surface area contributed by atoms with E-state index in [1.807, 2.05) is 0 Å². The molecule has 1 heterocycles. The Morgan fingerprint density at radius 1 is 1.28 bits per heavy atom. The normalized spacial score (nSPS) is 10.8. The van der Waals surface area contributed by atoms with Crippen LogP contribution in [0.1, 0.15) is 11.5 Å². The molecule has 152 valence electrons. The lowest BCUT2D eigenvalue weighted by atomic mass is 10.1. The molecule has 3 rings (SSSR count). The Bertz CT molecular complexity index is 1030. The number of hydrogen-bond acceptors (Lipinski definition) is 8. The minimum atomic E-state index is -2.98. The number of alkyl halides is 2. The molecule has 0 amide bonds. The third-order valence-corrected chi connectivity index (χ3v) is 4.04. The van der Waals surface area contributed by atoms with Crippen LogP contribution in [0.4, 0.5) is 20.2 Å². The molecule has 0 spiro atoms. The molecule has 9 nitrogen and oxygen atoms in total. The summed E-state index contributed by atoms with van der Waals surface area (Å²) in [7, 11) is 1.32. The fraction of sp³-hybridized carbons (Fsp3) is 0.222. The summed E-state index contributed by atoms with van der Waals surface area (Å²) in [5, 5.41) is 17.9. The molecule has 2 aromatic carbocycles. The first-order chi connectivity index (χ1) is 13.9. The maximum absolute atomic E-state index is 12.4. The number of halogens is 2. The van der Waals surface area contributed by atoms with Gasteiger partial charge in [0, 0.05) is 22.9 Å². The summed E-state index contributed by atoms with van der Waals surface area (Å²) in [4.78, 5) is 14.8. The molecule has 1 N–H and O–H groups in total. The number of hydrogen-bond donors (Lipinski definition) is 1. The summed E-state index contributed by atoms with van der Waals surface area (Å²) in [5.41, 5.74) is 1.52. The highest BCUT2D eigenvalue weighted by molar-refractivity contribution is 5.61. The first kappa shape index (κ1) is 20.0. The average Bonchev–Trinajstić information content (AvgIpc) is 3.16. The van der Waals surface area contributed by atoms with Gasteiger partial charge in [0.2, 0.25) is 11.7 Å². The molecule has 0 fully saturated rings. The van der Waals surface area contributed by atoms with Crippen LogP contribution >= 0.6 is 0 Å². The van der Waals surface area contributed by atoms with Crippen LogP contribution in [0.25, 0.3) is 11.4 Å². The Morgan fingerprint density at radius 3 is 2.76 bits per heavy atom. The van der Waals surface area contributed by atoms with Crippen LogP contribution in [0.2, 0.25) is 0 Å². The van der Waals surface area contributed by atoms with Gasteiger partial charge in [-0.25, -0.2) is 0 Å². The predicted molar refractivity (Wildman–Crippen MR) is 98.1 cm³/mol. The van der Waals surface area contributed by atoms with E-state index in [4.69, 9.17) is 9.26 Å². The summed E-state index contributed by atoms with van der Waals surface area (Å²) in [6.07, 6.45) is 0. The monoisotopic (exact) mass is 406 g/mol. The van der Waals surface area contributed by atoms with Crippen LogP contribution in [-0.2, 0) is 6.54 Å². The van der Waals surface area contributed by atoms with Crippen LogP contribution in [0.5, 0.6) is 11.5 Å². The second-order valence-corrected chi connectivity index (χ2v) is 5.82. The third-order valence-electron chi connectivity index (χ3n) is 4.04. The molecule has 0 saturated carbocycles. The molecule has 3 aromatic rings. The molecular weight excluding hydrogens is 390 g/mol. The van der Waals surface area contributed by atoms with Crippen molar-refractivity contribution < 1.29 is 27.7 Å². The van der Waals surface area contributed by atoms with Gasteiger partial charge >= 0.3 is 6.61 Å². The summed E-state index contributed by atoms with van der Waals surface area (Å²) >= 11 is 0. The molecule has 0 atom stereocenters. The lowest BCUT2D eigenvalue weighted by molar-refractivity contribution is -0.385. The summed E-state index contributed by atoms with van der Waals surface area (Å²) in [6.45, 7) is -1.21. The Kier molecular flexibility index (Phi) is 5.86. The Labute approximate surface area is 163 Å². The minimum absolute atomic E-state index is 0.000538. The van der Waals surface area contributed by atoms with Crippen molar-refractivity contribution in [3.63, 3.8) is 0 Å². The fourth-order valence-electron chi connectivity index (χ4n) is 2.63. The van der Waals surface area contributed by atoms with Gasteiger partial charge in [-0.2, -0.15) is 13.8 Å². The number of ether oxygens (including phenoxy) is 2. The second-order valence-electron chi connectivity index (χ2n) is 5.82. The molecule has 29 heavy (non-hydrogen) atoms.